The Kier molecular flexibility index (Phi) is 4.17. The highest BCUT2D eigenvalue weighted by Crippen LogP contribution is 2.34. The fourth-order valence-electron chi connectivity index (χ4n) is 1.98. The van der Waals surface area contributed by atoms with Crippen molar-refractivity contribution in [2.45, 2.75) is 45.6 Å². The molecule has 0 aromatic carbocycles. The zero-order chi connectivity index (χ0) is 13.1. The standard InChI is InChI=1S/C15H20O2/c1-6-15(5,17-14(16)11(2)3)13-9-7-12(4)8-10-13/h1,7,13H,2,8-10H2,3-5H3. The summed E-state index contributed by atoms with van der Waals surface area (Å²) in [5.41, 5.74) is 0.939. The smallest absolute Gasteiger partial charge is 0.334 e. The second kappa shape index (κ2) is 5.23. The molecule has 17 heavy (non-hydrogen) atoms. The first-order chi connectivity index (χ1) is 7.89. The van der Waals surface area contributed by atoms with Crippen LogP contribution in [0.3, 0.4) is 0 Å². The third-order valence-electron chi connectivity index (χ3n) is 3.36. The van der Waals surface area contributed by atoms with Crippen LogP contribution in [0.5, 0.6) is 0 Å². The monoisotopic (exact) mass is 232 g/mol. The molecule has 92 valence electrons. The van der Waals surface area contributed by atoms with Gasteiger partial charge in [-0.25, -0.2) is 4.79 Å². The molecule has 1 aliphatic carbocycles. The highest BCUT2D eigenvalue weighted by molar-refractivity contribution is 5.87. The summed E-state index contributed by atoms with van der Waals surface area (Å²) in [6, 6.07) is 0. The third-order valence-corrected chi connectivity index (χ3v) is 3.36. The van der Waals surface area contributed by atoms with E-state index in [0.717, 1.165) is 19.3 Å². The van der Waals surface area contributed by atoms with E-state index in [9.17, 15) is 4.79 Å². The zero-order valence-corrected chi connectivity index (χ0v) is 10.9. The average molecular weight is 232 g/mol. The Morgan fingerprint density at radius 1 is 1.71 bits per heavy atom. The van der Waals surface area contributed by atoms with Gasteiger partial charge in [0.25, 0.3) is 0 Å². The van der Waals surface area contributed by atoms with Gasteiger partial charge in [0, 0.05) is 11.5 Å². The van der Waals surface area contributed by atoms with Crippen molar-refractivity contribution in [1.29, 1.82) is 0 Å². The van der Waals surface area contributed by atoms with E-state index in [4.69, 9.17) is 11.2 Å². The highest BCUT2D eigenvalue weighted by Gasteiger charge is 2.36. The summed E-state index contributed by atoms with van der Waals surface area (Å²) in [5, 5.41) is 0. The summed E-state index contributed by atoms with van der Waals surface area (Å²) in [4.78, 5) is 11.6. The van der Waals surface area contributed by atoms with Crippen LogP contribution in [-0.2, 0) is 9.53 Å². The summed E-state index contributed by atoms with van der Waals surface area (Å²) in [6.07, 6.45) is 10.6. The first-order valence-electron chi connectivity index (χ1n) is 5.91. The molecule has 0 amide bonds. The Balaban J connectivity index is 2.79. The van der Waals surface area contributed by atoms with Gasteiger partial charge in [0.1, 0.15) is 0 Å². The first kappa shape index (κ1) is 13.6. The lowest BCUT2D eigenvalue weighted by Crippen LogP contribution is -2.39. The molecule has 2 nitrogen and oxygen atoms in total. The van der Waals surface area contributed by atoms with Crippen molar-refractivity contribution >= 4 is 5.97 Å². The number of esters is 1. The Labute approximate surface area is 104 Å². The van der Waals surface area contributed by atoms with Gasteiger partial charge < -0.3 is 4.74 Å². The number of hydrogen-bond donors (Lipinski definition) is 0. The van der Waals surface area contributed by atoms with Gasteiger partial charge in [-0.05, 0) is 40.0 Å². The molecule has 0 saturated carbocycles. The molecule has 0 aliphatic heterocycles. The maximum Gasteiger partial charge on any atom is 0.334 e. The number of allylic oxidation sites excluding steroid dienone is 2. The van der Waals surface area contributed by atoms with Crippen molar-refractivity contribution in [1.82, 2.24) is 0 Å². The second-order valence-corrected chi connectivity index (χ2v) is 4.94. The molecule has 0 heterocycles. The number of carbonyl (C=O) groups excluding carboxylic acids is 1. The normalized spacial score (nSPS) is 22.9. The SMILES string of the molecule is C#CC(C)(OC(=O)C(=C)C)C1CC=C(C)CC1. The first-order valence-corrected chi connectivity index (χ1v) is 5.91. The molecule has 2 unspecified atom stereocenters. The Morgan fingerprint density at radius 2 is 2.35 bits per heavy atom. The van der Waals surface area contributed by atoms with E-state index in [1.165, 1.54) is 5.57 Å². The maximum absolute atomic E-state index is 11.6. The van der Waals surface area contributed by atoms with Crippen LogP contribution in [0, 0.1) is 18.3 Å². The Hall–Kier alpha value is -1.49. The summed E-state index contributed by atoms with van der Waals surface area (Å²) < 4.78 is 5.42. The molecule has 0 fully saturated rings. The predicted octanol–water partition coefficient (Wildman–Crippen LogP) is 3.24. The largest absolute Gasteiger partial charge is 0.442 e. The minimum atomic E-state index is -0.826. The third kappa shape index (κ3) is 3.23. The van der Waals surface area contributed by atoms with E-state index in [0.29, 0.717) is 5.57 Å². The van der Waals surface area contributed by atoms with Crippen molar-refractivity contribution in [3.05, 3.63) is 23.8 Å². The van der Waals surface area contributed by atoms with Crippen LogP contribution in [0.2, 0.25) is 0 Å². The van der Waals surface area contributed by atoms with Gasteiger partial charge in [0.15, 0.2) is 5.60 Å². The van der Waals surface area contributed by atoms with E-state index >= 15 is 0 Å². The number of hydrogen-bond acceptors (Lipinski definition) is 2. The lowest BCUT2D eigenvalue weighted by molar-refractivity contribution is -0.152. The van der Waals surface area contributed by atoms with Gasteiger partial charge in [-0.15, -0.1) is 6.42 Å². The number of rotatable bonds is 3. The van der Waals surface area contributed by atoms with E-state index in [-0.39, 0.29) is 5.92 Å². The van der Waals surface area contributed by atoms with Crippen molar-refractivity contribution in [2.24, 2.45) is 5.92 Å². The molecular formula is C15H20O2. The van der Waals surface area contributed by atoms with E-state index < -0.39 is 11.6 Å². The summed E-state index contributed by atoms with van der Waals surface area (Å²) in [6.45, 7) is 9.13. The van der Waals surface area contributed by atoms with Crippen LogP contribution in [0.4, 0.5) is 0 Å². The van der Waals surface area contributed by atoms with E-state index in [1.54, 1.807) is 6.92 Å². The van der Waals surface area contributed by atoms with Crippen molar-refractivity contribution in [3.8, 4) is 12.3 Å². The molecule has 0 aromatic rings. The fourth-order valence-corrected chi connectivity index (χ4v) is 1.98. The van der Waals surface area contributed by atoms with Crippen molar-refractivity contribution in [2.75, 3.05) is 0 Å². The lowest BCUT2D eigenvalue weighted by Gasteiger charge is -2.34. The molecule has 0 radical (unpaired) electrons. The van der Waals surface area contributed by atoms with Crippen LogP contribution >= 0.6 is 0 Å². The molecule has 0 spiro atoms. The van der Waals surface area contributed by atoms with Crippen LogP contribution in [0.1, 0.15) is 40.0 Å². The van der Waals surface area contributed by atoms with Gasteiger partial charge in [-0.3, -0.25) is 0 Å². The molecule has 0 N–H and O–H groups in total. The number of terminal acetylenes is 1. The molecular weight excluding hydrogens is 212 g/mol. The van der Waals surface area contributed by atoms with Gasteiger partial charge >= 0.3 is 5.97 Å². The topological polar surface area (TPSA) is 26.3 Å². The van der Waals surface area contributed by atoms with Crippen LogP contribution in [-0.4, -0.2) is 11.6 Å². The van der Waals surface area contributed by atoms with E-state index in [2.05, 4.69) is 25.5 Å². The second-order valence-electron chi connectivity index (χ2n) is 4.94. The number of ether oxygens (including phenoxy) is 1. The molecule has 0 saturated heterocycles. The van der Waals surface area contributed by atoms with Crippen LogP contribution in [0.25, 0.3) is 0 Å². The zero-order valence-electron chi connectivity index (χ0n) is 10.9. The lowest BCUT2D eigenvalue weighted by atomic mass is 9.79. The molecule has 1 rings (SSSR count). The Morgan fingerprint density at radius 3 is 2.76 bits per heavy atom. The Bertz CT molecular complexity index is 398. The fraction of sp³-hybridized carbons (Fsp3) is 0.533. The molecule has 0 aromatic heterocycles. The van der Waals surface area contributed by atoms with Crippen LogP contribution in [0.15, 0.2) is 23.8 Å². The van der Waals surface area contributed by atoms with Gasteiger partial charge in [-0.2, -0.15) is 0 Å². The van der Waals surface area contributed by atoms with Crippen molar-refractivity contribution < 1.29 is 9.53 Å². The summed E-state index contributed by atoms with van der Waals surface area (Å²) in [5.74, 6) is 2.42. The van der Waals surface area contributed by atoms with E-state index in [1.807, 2.05) is 6.92 Å². The quantitative estimate of drug-likeness (QED) is 0.323. The summed E-state index contributed by atoms with van der Waals surface area (Å²) >= 11 is 0. The van der Waals surface area contributed by atoms with Crippen LogP contribution < -0.4 is 0 Å². The molecule has 2 atom stereocenters. The number of carbonyl (C=O) groups is 1. The van der Waals surface area contributed by atoms with Gasteiger partial charge in [0.05, 0.1) is 0 Å². The van der Waals surface area contributed by atoms with Gasteiger partial charge in [-0.1, -0.05) is 24.1 Å². The molecule has 1 aliphatic rings. The minimum absolute atomic E-state index is 0.194. The summed E-state index contributed by atoms with van der Waals surface area (Å²) in [7, 11) is 0. The molecule has 0 bridgehead atoms. The maximum atomic E-state index is 11.6. The molecule has 2 heteroatoms. The minimum Gasteiger partial charge on any atom is -0.442 e. The highest BCUT2D eigenvalue weighted by atomic mass is 16.6. The van der Waals surface area contributed by atoms with Crippen molar-refractivity contribution in [3.63, 3.8) is 0 Å². The average Bonchev–Trinajstić information content (AvgIpc) is 2.29. The predicted molar refractivity (Wildman–Crippen MR) is 69.2 cm³/mol. The van der Waals surface area contributed by atoms with Gasteiger partial charge in [0.2, 0.25) is 0 Å².